The molecule has 0 atom stereocenters. The van der Waals surface area contributed by atoms with Gasteiger partial charge >= 0.3 is 0 Å². The summed E-state index contributed by atoms with van der Waals surface area (Å²) in [7, 11) is 0. The largest absolute Gasteiger partial charge is 0.353 e. The second-order valence-corrected chi connectivity index (χ2v) is 6.65. The number of anilines is 1. The molecule has 2 aromatic rings. The maximum Gasteiger partial charge on any atom is 0.248 e. The van der Waals surface area contributed by atoms with Crippen molar-refractivity contribution in [3.63, 3.8) is 0 Å². The topological polar surface area (TPSA) is 54.3 Å². The van der Waals surface area contributed by atoms with Gasteiger partial charge in [0.1, 0.15) is 17.7 Å². The molecule has 0 radical (unpaired) electrons. The number of amides is 1. The van der Waals surface area contributed by atoms with Crippen LogP contribution in [0.1, 0.15) is 26.5 Å². The number of hydrogen-bond acceptors (Lipinski definition) is 4. The van der Waals surface area contributed by atoms with Crippen molar-refractivity contribution in [2.24, 2.45) is 0 Å². The molecule has 3 rings (SSSR count). The first-order valence-electron chi connectivity index (χ1n) is 8.51. The third-order valence-corrected chi connectivity index (χ3v) is 4.74. The molecule has 1 saturated heterocycles. The van der Waals surface area contributed by atoms with Crippen LogP contribution in [0.15, 0.2) is 36.9 Å². The Morgan fingerprint density at radius 1 is 1.12 bits per heavy atom. The molecule has 0 spiro atoms. The number of aromatic nitrogens is 3. The molecule has 1 aliphatic heterocycles. The molecule has 128 valence electrons. The van der Waals surface area contributed by atoms with E-state index >= 15 is 0 Å². The minimum atomic E-state index is -0.560. The van der Waals surface area contributed by atoms with Crippen molar-refractivity contribution < 1.29 is 4.79 Å². The Morgan fingerprint density at radius 2 is 1.79 bits per heavy atom. The first kappa shape index (κ1) is 16.5. The lowest BCUT2D eigenvalue weighted by molar-refractivity contribution is -0.139. The first-order chi connectivity index (χ1) is 11.5. The molecule has 6 nitrogen and oxygen atoms in total. The molecule has 1 fully saturated rings. The third-order valence-electron chi connectivity index (χ3n) is 4.74. The fourth-order valence-electron chi connectivity index (χ4n) is 3.10. The highest BCUT2D eigenvalue weighted by Gasteiger charge is 2.34. The molecule has 0 unspecified atom stereocenters. The van der Waals surface area contributed by atoms with Crippen LogP contribution in [-0.2, 0) is 16.8 Å². The summed E-state index contributed by atoms with van der Waals surface area (Å²) in [5.41, 5.74) is 0.489. The van der Waals surface area contributed by atoms with E-state index in [1.807, 2.05) is 53.9 Å². The van der Waals surface area contributed by atoms with Crippen molar-refractivity contribution >= 4 is 11.7 Å². The van der Waals surface area contributed by atoms with Gasteiger partial charge in [-0.25, -0.2) is 9.97 Å². The van der Waals surface area contributed by atoms with Crippen LogP contribution in [0.25, 0.3) is 0 Å². The second kappa shape index (κ2) is 6.63. The normalized spacial score (nSPS) is 15.6. The number of piperazine rings is 1. The highest BCUT2D eigenvalue weighted by atomic mass is 16.2. The number of carbonyl (C=O) groups excluding carboxylic acids is 1. The lowest BCUT2D eigenvalue weighted by Gasteiger charge is -2.39. The first-order valence-corrected chi connectivity index (χ1v) is 8.51. The number of nitrogens with zero attached hydrogens (tertiary/aromatic N) is 5. The molecular weight excluding hydrogens is 302 g/mol. The zero-order valence-electron chi connectivity index (χ0n) is 14.6. The van der Waals surface area contributed by atoms with E-state index in [0.29, 0.717) is 0 Å². The summed E-state index contributed by atoms with van der Waals surface area (Å²) in [4.78, 5) is 25.7. The third kappa shape index (κ3) is 3.13. The summed E-state index contributed by atoms with van der Waals surface area (Å²) >= 11 is 0. The van der Waals surface area contributed by atoms with Gasteiger partial charge in [0.2, 0.25) is 5.91 Å². The van der Waals surface area contributed by atoms with Gasteiger partial charge in [0.05, 0.1) is 0 Å². The van der Waals surface area contributed by atoms with Crippen LogP contribution in [0, 0.1) is 0 Å². The van der Waals surface area contributed by atoms with Gasteiger partial charge in [-0.3, -0.25) is 4.79 Å². The van der Waals surface area contributed by atoms with Crippen molar-refractivity contribution in [2.75, 3.05) is 31.1 Å². The van der Waals surface area contributed by atoms with Gasteiger partial charge in [-0.15, -0.1) is 0 Å². The molecule has 0 saturated carbocycles. The van der Waals surface area contributed by atoms with Gasteiger partial charge in [0.15, 0.2) is 0 Å². The van der Waals surface area contributed by atoms with Crippen LogP contribution in [0.4, 0.5) is 5.82 Å². The van der Waals surface area contributed by atoms with Crippen molar-refractivity contribution in [1.82, 2.24) is 19.4 Å². The van der Waals surface area contributed by atoms with E-state index in [4.69, 9.17) is 0 Å². The average Bonchev–Trinajstić information content (AvgIpc) is 3.17. The van der Waals surface area contributed by atoms with Gasteiger partial charge in [0.25, 0.3) is 0 Å². The second-order valence-electron chi connectivity index (χ2n) is 6.65. The molecule has 6 heteroatoms. The molecule has 0 bridgehead atoms. The number of carbonyl (C=O) groups is 1. The SMILES string of the molecule is CCc1cc(N2CCN(C(=O)C(C)(C)n3cccc3)CC2)ncn1. The van der Waals surface area contributed by atoms with Gasteiger partial charge in [0, 0.05) is 50.3 Å². The van der Waals surface area contributed by atoms with Crippen LogP contribution >= 0.6 is 0 Å². The maximum atomic E-state index is 12.9. The molecule has 1 amide bonds. The molecule has 0 aromatic carbocycles. The van der Waals surface area contributed by atoms with Crippen LogP contribution < -0.4 is 4.90 Å². The fourth-order valence-corrected chi connectivity index (χ4v) is 3.10. The number of hydrogen-bond donors (Lipinski definition) is 0. The van der Waals surface area contributed by atoms with E-state index in [9.17, 15) is 4.79 Å². The lowest BCUT2D eigenvalue weighted by atomic mass is 10.0. The molecular formula is C18H25N5O. The minimum Gasteiger partial charge on any atom is -0.353 e. The molecule has 2 aromatic heterocycles. The Hall–Kier alpha value is -2.37. The fraction of sp³-hybridized carbons (Fsp3) is 0.500. The van der Waals surface area contributed by atoms with Gasteiger partial charge in [-0.2, -0.15) is 0 Å². The van der Waals surface area contributed by atoms with Crippen LogP contribution in [0.2, 0.25) is 0 Å². The Kier molecular flexibility index (Phi) is 4.55. The summed E-state index contributed by atoms with van der Waals surface area (Å²) in [5.74, 6) is 1.12. The smallest absolute Gasteiger partial charge is 0.248 e. The summed E-state index contributed by atoms with van der Waals surface area (Å²) in [6.45, 7) is 9.07. The van der Waals surface area contributed by atoms with Gasteiger partial charge in [-0.1, -0.05) is 6.92 Å². The van der Waals surface area contributed by atoms with E-state index in [2.05, 4.69) is 21.8 Å². The average molecular weight is 327 g/mol. The number of rotatable bonds is 4. The summed E-state index contributed by atoms with van der Waals surface area (Å²) in [6, 6.07) is 5.95. The molecule has 0 N–H and O–H groups in total. The van der Waals surface area contributed by atoms with Crippen molar-refractivity contribution in [3.05, 3.63) is 42.6 Å². The predicted octanol–water partition coefficient (Wildman–Crippen LogP) is 1.92. The zero-order valence-corrected chi connectivity index (χ0v) is 14.6. The summed E-state index contributed by atoms with van der Waals surface area (Å²) < 4.78 is 1.97. The van der Waals surface area contributed by atoms with E-state index < -0.39 is 5.54 Å². The zero-order chi connectivity index (χ0) is 17.2. The molecule has 0 aliphatic carbocycles. The molecule has 3 heterocycles. The van der Waals surface area contributed by atoms with Gasteiger partial charge in [-0.05, 0) is 32.4 Å². The Balaban J connectivity index is 1.65. The molecule has 1 aliphatic rings. The highest BCUT2D eigenvalue weighted by Crippen LogP contribution is 2.21. The monoisotopic (exact) mass is 327 g/mol. The van der Waals surface area contributed by atoms with Crippen LogP contribution in [0.3, 0.4) is 0 Å². The minimum absolute atomic E-state index is 0.162. The maximum absolute atomic E-state index is 12.9. The van der Waals surface area contributed by atoms with Gasteiger partial charge < -0.3 is 14.4 Å². The van der Waals surface area contributed by atoms with Crippen LogP contribution in [-0.4, -0.2) is 51.5 Å². The Labute approximate surface area is 143 Å². The van der Waals surface area contributed by atoms with Crippen LogP contribution in [0.5, 0.6) is 0 Å². The van der Waals surface area contributed by atoms with E-state index in [1.165, 1.54) is 0 Å². The summed E-state index contributed by atoms with van der Waals surface area (Å²) in [6.07, 6.45) is 6.42. The molecule has 24 heavy (non-hydrogen) atoms. The Morgan fingerprint density at radius 3 is 2.42 bits per heavy atom. The predicted molar refractivity (Wildman–Crippen MR) is 94.0 cm³/mol. The Bertz CT molecular complexity index is 687. The summed E-state index contributed by atoms with van der Waals surface area (Å²) in [5, 5.41) is 0. The van der Waals surface area contributed by atoms with Crippen molar-refractivity contribution in [1.29, 1.82) is 0 Å². The van der Waals surface area contributed by atoms with E-state index in [-0.39, 0.29) is 5.91 Å². The highest BCUT2D eigenvalue weighted by molar-refractivity contribution is 5.84. The van der Waals surface area contributed by atoms with E-state index in [0.717, 1.165) is 44.1 Å². The van der Waals surface area contributed by atoms with E-state index in [1.54, 1.807) is 6.33 Å². The quantitative estimate of drug-likeness (QED) is 0.861. The standard InChI is InChI=1S/C18H25N5O/c1-4-15-13-16(20-14-19-15)21-9-11-22(12-10-21)17(24)18(2,3)23-7-5-6-8-23/h5-8,13-14H,4,9-12H2,1-3H3. The lowest BCUT2D eigenvalue weighted by Crippen LogP contribution is -2.54. The van der Waals surface area contributed by atoms with Crippen molar-refractivity contribution in [2.45, 2.75) is 32.7 Å². The number of aryl methyl sites for hydroxylation is 1. The van der Waals surface area contributed by atoms with Crippen molar-refractivity contribution in [3.8, 4) is 0 Å².